The number of carbonyl (C=O) groups is 4. The van der Waals surface area contributed by atoms with Crippen LogP contribution in [0.25, 0.3) is 6.08 Å². The number of ether oxygens (including phenoxy) is 2. The van der Waals surface area contributed by atoms with E-state index in [4.69, 9.17) is 9.47 Å². The fraction of sp³-hybridized carbons (Fsp3) is 0.280. The van der Waals surface area contributed by atoms with E-state index in [1.807, 2.05) is 18.2 Å². The summed E-state index contributed by atoms with van der Waals surface area (Å²) >= 11 is 0. The lowest BCUT2D eigenvalue weighted by atomic mass is 10.0. The minimum absolute atomic E-state index is 0.138. The number of fused-ring (bicyclic) bond motifs is 2. The molecule has 3 aliphatic rings. The molecule has 2 aromatic rings. The molecule has 9 heteroatoms. The average Bonchev–Trinajstić information content (AvgIpc) is 3.17. The Morgan fingerprint density at radius 2 is 2.09 bits per heavy atom. The van der Waals surface area contributed by atoms with Gasteiger partial charge >= 0.3 is 0 Å². The van der Waals surface area contributed by atoms with Crippen LogP contribution in [0.3, 0.4) is 0 Å². The van der Waals surface area contributed by atoms with Crippen molar-refractivity contribution < 1.29 is 28.7 Å². The summed E-state index contributed by atoms with van der Waals surface area (Å²) in [4.78, 5) is 50.7. The maximum absolute atomic E-state index is 12.8. The van der Waals surface area contributed by atoms with E-state index in [1.54, 1.807) is 31.4 Å². The first-order valence-electron chi connectivity index (χ1n) is 11.0. The number of methoxy groups -OCH3 is 1. The fourth-order valence-corrected chi connectivity index (χ4v) is 4.51. The highest BCUT2D eigenvalue weighted by Crippen LogP contribution is 2.35. The Bertz CT molecular complexity index is 1250. The van der Waals surface area contributed by atoms with Gasteiger partial charge in [0, 0.05) is 30.6 Å². The van der Waals surface area contributed by atoms with Gasteiger partial charge in [-0.25, -0.2) is 0 Å². The van der Waals surface area contributed by atoms with E-state index < -0.39 is 11.9 Å². The maximum atomic E-state index is 12.8. The Morgan fingerprint density at radius 3 is 2.88 bits per heavy atom. The van der Waals surface area contributed by atoms with Crippen LogP contribution in [-0.4, -0.2) is 48.3 Å². The van der Waals surface area contributed by atoms with Crippen LogP contribution in [0.5, 0.6) is 11.5 Å². The molecule has 3 heterocycles. The van der Waals surface area contributed by atoms with Gasteiger partial charge in [0.2, 0.25) is 11.8 Å². The molecule has 4 amide bonds. The Balaban J connectivity index is 1.25. The van der Waals surface area contributed by atoms with Crippen LogP contribution in [-0.2, 0) is 27.5 Å². The van der Waals surface area contributed by atoms with Gasteiger partial charge in [-0.05, 0) is 35.8 Å². The summed E-state index contributed by atoms with van der Waals surface area (Å²) in [6.07, 6.45) is 2.32. The summed E-state index contributed by atoms with van der Waals surface area (Å²) in [5.74, 6) is 0.0168. The smallest absolute Gasteiger partial charge is 0.255 e. The molecule has 34 heavy (non-hydrogen) atoms. The molecule has 2 N–H and O–H groups in total. The van der Waals surface area contributed by atoms with E-state index in [1.165, 1.54) is 4.90 Å². The first-order valence-corrected chi connectivity index (χ1v) is 11.0. The number of carbonyl (C=O) groups excluding carboxylic acids is 4. The first-order chi connectivity index (χ1) is 16.4. The van der Waals surface area contributed by atoms with Crippen LogP contribution in [0.15, 0.2) is 42.0 Å². The third-order valence-electron chi connectivity index (χ3n) is 6.26. The second kappa shape index (κ2) is 8.66. The lowest BCUT2D eigenvalue weighted by Gasteiger charge is -2.29. The van der Waals surface area contributed by atoms with Crippen molar-refractivity contribution in [2.45, 2.75) is 32.0 Å². The second-order valence-electron chi connectivity index (χ2n) is 8.41. The fourth-order valence-electron chi connectivity index (χ4n) is 4.51. The number of nitrogens with one attached hydrogen (secondary N) is 2. The third-order valence-corrected chi connectivity index (χ3v) is 6.26. The van der Waals surface area contributed by atoms with Crippen molar-refractivity contribution in [3.05, 3.63) is 64.2 Å². The zero-order valence-electron chi connectivity index (χ0n) is 18.6. The van der Waals surface area contributed by atoms with Gasteiger partial charge in [0.15, 0.2) is 11.5 Å². The van der Waals surface area contributed by atoms with Crippen LogP contribution < -0.4 is 20.1 Å². The maximum Gasteiger partial charge on any atom is 0.255 e. The van der Waals surface area contributed by atoms with Crippen molar-refractivity contribution in [2.24, 2.45) is 0 Å². The molecule has 0 saturated carbocycles. The minimum atomic E-state index is -0.652. The Kier molecular flexibility index (Phi) is 5.53. The molecule has 2 aromatic carbocycles. The van der Waals surface area contributed by atoms with Gasteiger partial charge in [0.05, 0.1) is 12.7 Å². The number of piperidine rings is 1. The van der Waals surface area contributed by atoms with Gasteiger partial charge in [-0.2, -0.15) is 0 Å². The van der Waals surface area contributed by atoms with Gasteiger partial charge in [-0.15, -0.1) is 0 Å². The highest BCUT2D eigenvalue weighted by molar-refractivity contribution is 6.05. The van der Waals surface area contributed by atoms with Crippen molar-refractivity contribution in [1.29, 1.82) is 0 Å². The van der Waals surface area contributed by atoms with E-state index in [0.717, 1.165) is 16.7 Å². The molecule has 9 nitrogen and oxygen atoms in total. The molecule has 1 atom stereocenters. The predicted molar refractivity (Wildman–Crippen MR) is 121 cm³/mol. The summed E-state index contributed by atoms with van der Waals surface area (Å²) in [7, 11) is 1.57. The molecule has 0 radical (unpaired) electrons. The summed E-state index contributed by atoms with van der Waals surface area (Å²) < 4.78 is 11.0. The standard InChI is InChI=1S/C25H23N3O6/c1-33-20-4-2-3-15-10-17(13-34-22(15)20)23(30)26-11-14-5-6-18-16(9-14)12-28(25(18)32)19-7-8-21(29)27-24(19)31/h2-6,9-10,19H,7-8,11-13H2,1H3,(H,26,30)(H,27,29,31). The third kappa shape index (κ3) is 3.89. The molecule has 1 fully saturated rings. The largest absolute Gasteiger partial charge is 0.493 e. The topological polar surface area (TPSA) is 114 Å². The van der Waals surface area contributed by atoms with E-state index in [0.29, 0.717) is 35.6 Å². The lowest BCUT2D eigenvalue weighted by molar-refractivity contribution is -0.137. The van der Waals surface area contributed by atoms with Crippen molar-refractivity contribution >= 4 is 29.7 Å². The van der Waals surface area contributed by atoms with Gasteiger partial charge < -0.3 is 19.7 Å². The molecular formula is C25H23N3O6. The van der Waals surface area contributed by atoms with Crippen LogP contribution in [0.4, 0.5) is 0 Å². The van der Waals surface area contributed by atoms with Crippen LogP contribution in [0, 0.1) is 0 Å². The van der Waals surface area contributed by atoms with Crippen LogP contribution in [0.1, 0.15) is 39.9 Å². The molecule has 5 rings (SSSR count). The number of para-hydroxylation sites is 1. The summed E-state index contributed by atoms with van der Waals surface area (Å²) in [5, 5.41) is 5.20. The Hall–Kier alpha value is -4.14. The molecular weight excluding hydrogens is 438 g/mol. The SMILES string of the molecule is COc1cccc2c1OCC(C(=O)NCc1ccc3c(c1)CN(C1CCC(=O)NC1=O)C3=O)=C2. The highest BCUT2D eigenvalue weighted by Gasteiger charge is 2.39. The minimum Gasteiger partial charge on any atom is -0.493 e. The zero-order chi connectivity index (χ0) is 23.8. The van der Waals surface area contributed by atoms with Crippen molar-refractivity contribution in [2.75, 3.05) is 13.7 Å². The Morgan fingerprint density at radius 1 is 1.24 bits per heavy atom. The average molecular weight is 461 g/mol. The summed E-state index contributed by atoms with van der Waals surface area (Å²) in [5.41, 5.74) is 3.45. The number of nitrogens with zero attached hydrogens (tertiary/aromatic N) is 1. The number of benzene rings is 2. The monoisotopic (exact) mass is 461 g/mol. The first kappa shape index (κ1) is 21.7. The second-order valence-corrected chi connectivity index (χ2v) is 8.41. The van der Waals surface area contributed by atoms with Crippen molar-refractivity contribution in [3.8, 4) is 11.5 Å². The molecule has 1 unspecified atom stereocenters. The van der Waals surface area contributed by atoms with E-state index in [9.17, 15) is 19.2 Å². The summed E-state index contributed by atoms with van der Waals surface area (Å²) in [6.45, 7) is 0.708. The molecule has 1 saturated heterocycles. The van der Waals surface area contributed by atoms with Crippen molar-refractivity contribution in [1.82, 2.24) is 15.5 Å². The van der Waals surface area contributed by atoms with Gasteiger partial charge in [-0.1, -0.05) is 24.3 Å². The number of imide groups is 1. The van der Waals surface area contributed by atoms with E-state index in [2.05, 4.69) is 10.6 Å². The number of hydrogen-bond donors (Lipinski definition) is 2. The Labute approximate surface area is 195 Å². The van der Waals surface area contributed by atoms with E-state index >= 15 is 0 Å². The number of amides is 4. The van der Waals surface area contributed by atoms with Crippen LogP contribution in [0.2, 0.25) is 0 Å². The lowest BCUT2D eigenvalue weighted by Crippen LogP contribution is -2.52. The van der Waals surface area contributed by atoms with Crippen LogP contribution >= 0.6 is 0 Å². The highest BCUT2D eigenvalue weighted by atomic mass is 16.5. The number of rotatable bonds is 5. The normalized spacial score (nSPS) is 19.0. The van der Waals surface area contributed by atoms with E-state index in [-0.39, 0.29) is 37.3 Å². The summed E-state index contributed by atoms with van der Waals surface area (Å²) in [6, 6.07) is 10.2. The molecule has 0 aromatic heterocycles. The zero-order valence-corrected chi connectivity index (χ0v) is 18.6. The van der Waals surface area contributed by atoms with Gasteiger partial charge in [0.1, 0.15) is 12.6 Å². The van der Waals surface area contributed by atoms with Gasteiger partial charge in [-0.3, -0.25) is 24.5 Å². The quantitative estimate of drug-likeness (QED) is 0.653. The molecule has 0 aliphatic carbocycles. The molecule has 0 bridgehead atoms. The van der Waals surface area contributed by atoms with Gasteiger partial charge in [0.25, 0.3) is 11.8 Å². The molecule has 0 spiro atoms. The number of hydrogen-bond acceptors (Lipinski definition) is 6. The van der Waals surface area contributed by atoms with Crippen molar-refractivity contribution in [3.63, 3.8) is 0 Å². The molecule has 174 valence electrons. The molecule has 3 aliphatic heterocycles. The predicted octanol–water partition coefficient (Wildman–Crippen LogP) is 1.55.